The fourth-order valence-electron chi connectivity index (χ4n) is 2.25. The second kappa shape index (κ2) is 16.8. The Morgan fingerprint density at radius 2 is 1.06 bits per heavy atom. The summed E-state index contributed by atoms with van der Waals surface area (Å²) < 4.78 is 0. The van der Waals surface area contributed by atoms with Crippen molar-refractivity contribution in [2.75, 3.05) is 6.54 Å². The molecule has 0 aromatic carbocycles. The Bertz CT molecular complexity index is 197. The molecule has 0 aromatic rings. The van der Waals surface area contributed by atoms with Crippen LogP contribution in [0, 0.1) is 0 Å². The van der Waals surface area contributed by atoms with Gasteiger partial charge in [0.05, 0.1) is 5.16 Å². The lowest BCUT2D eigenvalue weighted by atomic mass is 10.0. The third-order valence-electron chi connectivity index (χ3n) is 3.44. The first-order valence-corrected chi connectivity index (χ1v) is 8.36. The Hall–Kier alpha value is -0.200. The van der Waals surface area contributed by atoms with Gasteiger partial charge in [-0.05, 0) is 18.6 Å². The lowest BCUT2D eigenvalue weighted by Gasteiger charge is -2.02. The minimum absolute atomic E-state index is 0.876. The van der Waals surface area contributed by atoms with Crippen molar-refractivity contribution in [3.05, 3.63) is 0 Å². The third-order valence-corrected chi connectivity index (χ3v) is 3.57. The molecule has 18 heavy (non-hydrogen) atoms. The molecule has 2 heteroatoms. The SMILES string of the molecule is CCCCCCCCCCCCCCCN=C=S. The van der Waals surface area contributed by atoms with E-state index in [1.54, 1.807) is 0 Å². The summed E-state index contributed by atoms with van der Waals surface area (Å²) in [6.45, 7) is 3.16. The minimum atomic E-state index is 0.876. The van der Waals surface area contributed by atoms with Gasteiger partial charge in [0, 0.05) is 6.54 Å². The fraction of sp³-hybridized carbons (Fsp3) is 0.938. The van der Waals surface area contributed by atoms with Crippen LogP contribution in [0.4, 0.5) is 0 Å². The van der Waals surface area contributed by atoms with E-state index in [1.807, 2.05) is 0 Å². The molecule has 0 aliphatic rings. The topological polar surface area (TPSA) is 12.4 Å². The standard InChI is InChI=1S/C16H31NS/c1-2-3-4-5-6-7-8-9-10-11-12-13-14-15-17-16-18/h2-15H2,1H3. The number of isothiocyanates is 1. The van der Waals surface area contributed by atoms with Crippen LogP contribution in [0.2, 0.25) is 0 Å². The van der Waals surface area contributed by atoms with Crippen molar-refractivity contribution < 1.29 is 0 Å². The van der Waals surface area contributed by atoms with Crippen LogP contribution in [-0.4, -0.2) is 11.7 Å². The highest BCUT2D eigenvalue weighted by atomic mass is 32.1. The first kappa shape index (κ1) is 17.8. The van der Waals surface area contributed by atoms with E-state index in [4.69, 9.17) is 0 Å². The second-order valence-corrected chi connectivity index (χ2v) is 5.40. The van der Waals surface area contributed by atoms with Crippen molar-refractivity contribution in [1.29, 1.82) is 0 Å². The van der Waals surface area contributed by atoms with E-state index in [0.29, 0.717) is 0 Å². The number of hydrogen-bond donors (Lipinski definition) is 0. The molecule has 0 fully saturated rings. The molecular weight excluding hydrogens is 238 g/mol. The number of aliphatic imine (C=N–C) groups is 1. The Kier molecular flexibility index (Phi) is 16.6. The lowest BCUT2D eigenvalue weighted by Crippen LogP contribution is -1.84. The number of thiocarbonyl (C=S) groups is 1. The molecule has 0 bridgehead atoms. The van der Waals surface area contributed by atoms with Gasteiger partial charge in [0.25, 0.3) is 0 Å². The quantitative estimate of drug-likeness (QED) is 0.208. The van der Waals surface area contributed by atoms with Crippen LogP contribution in [0.15, 0.2) is 4.99 Å². The van der Waals surface area contributed by atoms with E-state index >= 15 is 0 Å². The Morgan fingerprint density at radius 1 is 0.667 bits per heavy atom. The molecule has 0 saturated heterocycles. The first-order valence-electron chi connectivity index (χ1n) is 7.95. The predicted octanol–water partition coefficient (Wildman–Crippen LogP) is 6.18. The van der Waals surface area contributed by atoms with Crippen LogP contribution in [0.25, 0.3) is 0 Å². The zero-order chi connectivity index (χ0) is 13.3. The van der Waals surface area contributed by atoms with E-state index in [2.05, 4.69) is 29.3 Å². The van der Waals surface area contributed by atoms with E-state index in [9.17, 15) is 0 Å². The Morgan fingerprint density at radius 3 is 1.44 bits per heavy atom. The fourth-order valence-corrected chi connectivity index (χ4v) is 2.35. The molecule has 0 heterocycles. The molecule has 0 N–H and O–H groups in total. The number of unbranched alkanes of at least 4 members (excludes halogenated alkanes) is 12. The maximum absolute atomic E-state index is 4.53. The smallest absolute Gasteiger partial charge is 0.0584 e. The van der Waals surface area contributed by atoms with Crippen molar-refractivity contribution in [3.8, 4) is 0 Å². The van der Waals surface area contributed by atoms with Crippen molar-refractivity contribution in [1.82, 2.24) is 0 Å². The van der Waals surface area contributed by atoms with Crippen molar-refractivity contribution >= 4 is 17.4 Å². The summed E-state index contributed by atoms with van der Waals surface area (Å²) in [6.07, 6.45) is 18.1. The van der Waals surface area contributed by atoms with Gasteiger partial charge in [-0.2, -0.15) is 0 Å². The maximum atomic E-state index is 4.53. The molecule has 106 valence electrons. The molecule has 0 atom stereocenters. The first-order chi connectivity index (χ1) is 8.91. The molecule has 0 saturated carbocycles. The summed E-state index contributed by atoms with van der Waals surface area (Å²) >= 11 is 4.53. The molecule has 0 unspecified atom stereocenters. The van der Waals surface area contributed by atoms with Crippen molar-refractivity contribution in [2.45, 2.75) is 90.4 Å². The van der Waals surface area contributed by atoms with Crippen LogP contribution in [0.3, 0.4) is 0 Å². The van der Waals surface area contributed by atoms with Gasteiger partial charge >= 0.3 is 0 Å². The summed E-state index contributed by atoms with van der Waals surface area (Å²) in [6, 6.07) is 0. The molecule has 0 aliphatic heterocycles. The molecule has 0 spiro atoms. The van der Waals surface area contributed by atoms with Crippen LogP contribution in [0.5, 0.6) is 0 Å². The van der Waals surface area contributed by atoms with Crippen molar-refractivity contribution in [2.24, 2.45) is 4.99 Å². The molecule has 0 radical (unpaired) electrons. The average Bonchev–Trinajstić information content (AvgIpc) is 2.39. The van der Waals surface area contributed by atoms with Crippen molar-refractivity contribution in [3.63, 3.8) is 0 Å². The summed E-state index contributed by atoms with van der Waals surface area (Å²) in [5, 5.41) is 2.42. The minimum Gasteiger partial charge on any atom is -0.233 e. The van der Waals surface area contributed by atoms with Gasteiger partial charge in [-0.3, -0.25) is 0 Å². The highest BCUT2D eigenvalue weighted by molar-refractivity contribution is 7.78. The number of hydrogen-bond acceptors (Lipinski definition) is 2. The third kappa shape index (κ3) is 15.8. The molecule has 0 aliphatic carbocycles. The molecular formula is C16H31NS. The van der Waals surface area contributed by atoms with Crippen LogP contribution in [0.1, 0.15) is 90.4 Å². The monoisotopic (exact) mass is 269 g/mol. The lowest BCUT2D eigenvalue weighted by molar-refractivity contribution is 0.540. The largest absolute Gasteiger partial charge is 0.233 e. The van der Waals surface area contributed by atoms with Gasteiger partial charge in [0.15, 0.2) is 0 Å². The van der Waals surface area contributed by atoms with Gasteiger partial charge in [0.1, 0.15) is 0 Å². The van der Waals surface area contributed by atoms with Crippen LogP contribution >= 0.6 is 12.2 Å². The Balaban J connectivity index is 2.92. The van der Waals surface area contributed by atoms with Crippen LogP contribution < -0.4 is 0 Å². The number of rotatable bonds is 14. The summed E-state index contributed by atoms with van der Waals surface area (Å²) in [5.41, 5.74) is 0. The van der Waals surface area contributed by atoms with Gasteiger partial charge < -0.3 is 0 Å². The summed E-state index contributed by atoms with van der Waals surface area (Å²) in [5.74, 6) is 0. The zero-order valence-corrected chi connectivity index (χ0v) is 13.1. The normalized spacial score (nSPS) is 10.3. The van der Waals surface area contributed by atoms with Gasteiger partial charge in [-0.25, -0.2) is 4.99 Å². The number of nitrogens with zero attached hydrogens (tertiary/aromatic N) is 1. The molecule has 1 nitrogen and oxygen atoms in total. The van der Waals surface area contributed by atoms with Gasteiger partial charge in [-0.15, -0.1) is 0 Å². The van der Waals surface area contributed by atoms with Crippen LogP contribution in [-0.2, 0) is 0 Å². The second-order valence-electron chi connectivity index (χ2n) is 5.22. The van der Waals surface area contributed by atoms with Gasteiger partial charge in [-0.1, -0.05) is 84.0 Å². The molecule has 0 amide bonds. The molecule has 0 rings (SSSR count). The molecule has 0 aromatic heterocycles. The maximum Gasteiger partial charge on any atom is 0.0584 e. The summed E-state index contributed by atoms with van der Waals surface area (Å²) in [4.78, 5) is 3.93. The van der Waals surface area contributed by atoms with E-state index in [0.717, 1.165) is 6.54 Å². The Labute approximate surface area is 119 Å². The van der Waals surface area contributed by atoms with E-state index in [1.165, 1.54) is 83.5 Å². The van der Waals surface area contributed by atoms with E-state index < -0.39 is 0 Å². The van der Waals surface area contributed by atoms with Gasteiger partial charge in [0.2, 0.25) is 0 Å². The summed E-state index contributed by atoms with van der Waals surface area (Å²) in [7, 11) is 0. The van der Waals surface area contributed by atoms with E-state index in [-0.39, 0.29) is 0 Å². The highest BCUT2D eigenvalue weighted by Crippen LogP contribution is 2.12. The highest BCUT2D eigenvalue weighted by Gasteiger charge is 1.93. The average molecular weight is 269 g/mol. The predicted molar refractivity (Wildman–Crippen MR) is 85.6 cm³/mol. The zero-order valence-electron chi connectivity index (χ0n) is 12.3.